The second kappa shape index (κ2) is 14.7. The predicted octanol–water partition coefficient (Wildman–Crippen LogP) is 13.3. The van der Waals surface area contributed by atoms with Crippen molar-refractivity contribution < 1.29 is 23.3 Å². The van der Waals surface area contributed by atoms with Gasteiger partial charge in [-0.05, 0) is 74.2 Å². The lowest BCUT2D eigenvalue weighted by molar-refractivity contribution is 1.18. The van der Waals surface area contributed by atoms with Gasteiger partial charge in [-0.15, -0.1) is 11.3 Å². The Morgan fingerprint density at radius 3 is 1.62 bits per heavy atom. The van der Waals surface area contributed by atoms with Crippen LogP contribution in [-0.2, 0) is 0 Å². The average Bonchev–Trinajstić information content (AvgIpc) is 3.45. The van der Waals surface area contributed by atoms with Crippen LogP contribution in [0.2, 0.25) is 0 Å². The van der Waals surface area contributed by atoms with E-state index in [0.717, 1.165) is 20.5 Å². The fourth-order valence-electron chi connectivity index (χ4n) is 9.58. The molecule has 0 aliphatic carbocycles. The smallest absolute Gasteiger partial charge is 0.179 e. The Bertz CT molecular complexity index is 4730. The molecule has 0 aliphatic rings. The Morgan fingerprint density at radius 2 is 0.953 bits per heavy atom. The van der Waals surface area contributed by atoms with Crippen molar-refractivity contribution in [2.24, 2.45) is 0 Å². The second-order valence-corrected chi connectivity index (χ2v) is 20.3. The fourth-order valence-corrected chi connectivity index (χ4v) is 15.2. The molecule has 4 heteroatoms. The highest BCUT2D eigenvalue weighted by atomic mass is 32.1. The van der Waals surface area contributed by atoms with Crippen LogP contribution in [0.25, 0.3) is 86.3 Å². The van der Waals surface area contributed by atoms with Crippen molar-refractivity contribution in [3.63, 3.8) is 0 Å². The number of fused-ring (bicyclic) bond motifs is 10. The van der Waals surface area contributed by atoms with E-state index in [1.165, 1.54) is 15.9 Å². The summed E-state index contributed by atoms with van der Waals surface area (Å²) in [7, 11) is -3.96. The Hall–Kier alpha value is -7.76. The van der Waals surface area contributed by atoms with E-state index in [0.29, 0.717) is 48.3 Å². The highest BCUT2D eigenvalue weighted by Crippen LogP contribution is 2.47. The van der Waals surface area contributed by atoms with Crippen LogP contribution >= 0.6 is 11.3 Å². The topological polar surface area (TPSA) is 9.86 Å². The first-order valence-corrected chi connectivity index (χ1v) is 23.4. The van der Waals surface area contributed by atoms with E-state index in [4.69, 9.17) is 15.1 Å². The van der Waals surface area contributed by atoms with Crippen LogP contribution in [0, 0.1) is 0 Å². The van der Waals surface area contributed by atoms with Crippen LogP contribution < -0.4 is 20.7 Å². The first-order chi connectivity index (χ1) is 38.8. The van der Waals surface area contributed by atoms with Gasteiger partial charge >= 0.3 is 0 Å². The summed E-state index contributed by atoms with van der Waals surface area (Å²) >= 11 is 1.36. The molecule has 0 bridgehead atoms. The molecule has 0 amide bonds. The number of para-hydroxylation sites is 3. The van der Waals surface area contributed by atoms with Gasteiger partial charge in [0.05, 0.1) is 55.8 Å². The van der Waals surface area contributed by atoms with Gasteiger partial charge in [0.15, 0.2) is 8.07 Å². The maximum atomic E-state index is 10.4. The number of hydrogen-bond acceptors (Lipinski definition) is 1. The largest absolute Gasteiger partial charge is 0.309 e. The fraction of sp³-hybridized carbons (Fsp3) is 0. The first-order valence-electron chi connectivity index (χ1n) is 29.1. The van der Waals surface area contributed by atoms with E-state index < -0.39 is 74.5 Å². The van der Waals surface area contributed by atoms with Crippen LogP contribution in [-0.4, -0.2) is 17.2 Å². The molecule has 0 saturated heterocycles. The summed E-state index contributed by atoms with van der Waals surface area (Å²) in [6.07, 6.45) is 0. The van der Waals surface area contributed by atoms with E-state index in [-0.39, 0.29) is 74.5 Å². The zero-order valence-corrected chi connectivity index (χ0v) is 35.4. The molecule has 0 aliphatic heterocycles. The molecular formula is C60H40N2SSi. The molecule has 2 nitrogen and oxygen atoms in total. The molecule has 0 saturated carbocycles. The van der Waals surface area contributed by atoms with Crippen molar-refractivity contribution >= 4 is 104 Å². The van der Waals surface area contributed by atoms with Crippen molar-refractivity contribution in [3.8, 4) is 22.5 Å². The second-order valence-electron chi connectivity index (χ2n) is 15.5. The van der Waals surface area contributed by atoms with E-state index >= 15 is 0 Å². The van der Waals surface area contributed by atoms with Crippen molar-refractivity contribution in [1.29, 1.82) is 0 Å². The molecule has 0 atom stereocenters. The number of nitrogens with zero attached hydrogens (tertiary/aromatic N) is 2. The summed E-state index contributed by atoms with van der Waals surface area (Å²) in [4.78, 5) is 0. The normalized spacial score (nSPS) is 15.8. The third-order valence-corrected chi connectivity index (χ3v) is 18.1. The molecule has 0 N–H and O–H groups in total. The molecule has 13 aromatic rings. The number of hydrogen-bond donors (Lipinski definition) is 0. The summed E-state index contributed by atoms with van der Waals surface area (Å²) in [6.45, 7) is 0. The monoisotopic (exact) mass is 865 g/mol. The van der Waals surface area contributed by atoms with Crippen molar-refractivity contribution in [1.82, 2.24) is 9.13 Å². The van der Waals surface area contributed by atoms with E-state index in [9.17, 15) is 8.22 Å². The molecule has 0 unspecified atom stereocenters. The highest BCUT2D eigenvalue weighted by Gasteiger charge is 2.41. The van der Waals surface area contributed by atoms with Crippen LogP contribution in [0.4, 0.5) is 0 Å². The van der Waals surface area contributed by atoms with Gasteiger partial charge in [0, 0.05) is 42.7 Å². The van der Waals surface area contributed by atoms with Gasteiger partial charge in [0.2, 0.25) is 0 Å². The number of aromatic nitrogens is 2. The molecule has 13 rings (SSSR count). The van der Waals surface area contributed by atoms with Gasteiger partial charge in [-0.1, -0.05) is 200 Å². The lowest BCUT2D eigenvalue weighted by Crippen LogP contribution is -2.74. The van der Waals surface area contributed by atoms with Crippen LogP contribution in [0.1, 0.15) is 23.3 Å². The zero-order valence-electron chi connectivity index (χ0n) is 50.6. The number of benzene rings is 10. The molecule has 0 fully saturated rings. The predicted molar refractivity (Wildman–Crippen MR) is 277 cm³/mol. The molecule has 300 valence electrons. The maximum Gasteiger partial charge on any atom is 0.179 e. The number of rotatable bonds is 7. The average molecular weight is 866 g/mol. The van der Waals surface area contributed by atoms with Crippen molar-refractivity contribution in [2.45, 2.75) is 0 Å². The minimum atomic E-state index is -3.96. The molecule has 64 heavy (non-hydrogen) atoms. The Morgan fingerprint density at radius 1 is 0.391 bits per heavy atom. The summed E-state index contributed by atoms with van der Waals surface area (Å²) in [6, 6.07) is 34.9. The minimum absolute atomic E-state index is 0.00875. The molecule has 0 radical (unpaired) electrons. The lowest BCUT2D eigenvalue weighted by Gasteiger charge is -2.34. The van der Waals surface area contributed by atoms with Gasteiger partial charge < -0.3 is 9.13 Å². The third kappa shape index (κ3) is 5.43. The molecule has 3 aromatic heterocycles. The zero-order chi connectivity index (χ0) is 57.0. The van der Waals surface area contributed by atoms with Crippen molar-refractivity contribution in [3.05, 3.63) is 242 Å². The third-order valence-electron chi connectivity index (χ3n) is 12.3. The Balaban J connectivity index is 1.15. The van der Waals surface area contributed by atoms with Crippen LogP contribution in [0.3, 0.4) is 0 Å². The summed E-state index contributed by atoms with van der Waals surface area (Å²) < 4.78 is 161. The quantitative estimate of drug-likeness (QED) is 0.112. The lowest BCUT2D eigenvalue weighted by atomic mass is 10.1. The van der Waals surface area contributed by atoms with E-state index in [1.54, 1.807) is 28.8 Å². The van der Waals surface area contributed by atoms with Gasteiger partial charge in [0.25, 0.3) is 0 Å². The van der Waals surface area contributed by atoms with Gasteiger partial charge in [0.1, 0.15) is 0 Å². The standard InChI is InChI=1S/C60H40N2SSi/c1-4-18-41(19-5-1)42-32-36-46(37-33-42)64(44-20-6-2-7-21-44,45-22-8-3-9-23-45)47-38-34-43(35-39-47)61-53-28-14-12-26-50(53)52-40-56(60-58(59(52)61)51-27-13-17-31-57(51)63-60)62-54-29-15-10-24-48(54)49-25-11-16-30-55(49)62/h1-40H/i1D,4D,5D,10D,11D,15D,16D,18D,19D,24D,25D,29D,30D,34D,35D,38D,39D. The molecule has 3 heterocycles. The van der Waals surface area contributed by atoms with Gasteiger partial charge in [-0.3, -0.25) is 0 Å². The Kier molecular flexibility index (Phi) is 5.41. The SMILES string of the molecule is [2H]c1c([2H])c([2H])c(-c2ccc([Si](c3ccccc3)(c3ccccc3)c3c([2H])c([2H])c(-n4c5ccccc5c5cc(-n6c7c([2H])c([2H])c([2H])c([2H])c7c7c([2H])c([2H])c([2H])c([2H])c76)c6sc7ccccc7c6c54)c([2H])c3[2H])cc2)c([2H])c1[2H]. The van der Waals surface area contributed by atoms with Gasteiger partial charge in [-0.2, -0.15) is 0 Å². The highest BCUT2D eigenvalue weighted by molar-refractivity contribution is 7.26. The number of thiophene rings is 1. The van der Waals surface area contributed by atoms with Crippen LogP contribution in [0.5, 0.6) is 0 Å². The maximum absolute atomic E-state index is 10.4. The molecule has 0 spiro atoms. The minimum Gasteiger partial charge on any atom is -0.309 e. The molecule has 10 aromatic carbocycles. The summed E-state index contributed by atoms with van der Waals surface area (Å²) in [5.41, 5.74) is 1.58. The Labute approximate surface area is 400 Å². The molecular weight excluding hydrogens is 809 g/mol. The van der Waals surface area contributed by atoms with Gasteiger partial charge in [-0.25, -0.2) is 0 Å². The van der Waals surface area contributed by atoms with E-state index in [2.05, 4.69) is 0 Å². The first kappa shape index (κ1) is 23.6. The van der Waals surface area contributed by atoms with Crippen LogP contribution in [0.15, 0.2) is 242 Å². The van der Waals surface area contributed by atoms with Crippen molar-refractivity contribution in [2.75, 3.05) is 0 Å². The summed E-state index contributed by atoms with van der Waals surface area (Å²) in [5, 5.41) is 4.61. The van der Waals surface area contributed by atoms with E-state index in [1.807, 2.05) is 115 Å². The summed E-state index contributed by atoms with van der Waals surface area (Å²) in [5.74, 6) is 0.